The van der Waals surface area contributed by atoms with Crippen LogP contribution < -0.4 is 5.32 Å². The number of nitrogens with one attached hydrogen (secondary N) is 1. The van der Waals surface area contributed by atoms with Crippen LogP contribution in [0, 0.1) is 13.8 Å². The highest BCUT2D eigenvalue weighted by Crippen LogP contribution is 2.20. The molecular formula is C16H26N2. The first-order chi connectivity index (χ1) is 8.69. The third-order valence-electron chi connectivity index (χ3n) is 3.87. The topological polar surface area (TPSA) is 15.3 Å². The first-order valence-corrected chi connectivity index (χ1v) is 7.25. The molecule has 0 bridgehead atoms. The Labute approximate surface area is 111 Å². The lowest BCUT2D eigenvalue weighted by atomic mass is 10.0. The van der Waals surface area contributed by atoms with Gasteiger partial charge in [0.1, 0.15) is 0 Å². The molecule has 0 saturated carbocycles. The molecule has 1 aliphatic heterocycles. The van der Waals surface area contributed by atoms with Crippen molar-refractivity contribution in [3.05, 3.63) is 29.3 Å². The summed E-state index contributed by atoms with van der Waals surface area (Å²) < 4.78 is 0. The lowest BCUT2D eigenvalue weighted by Gasteiger charge is -2.33. The van der Waals surface area contributed by atoms with Crippen molar-refractivity contribution < 1.29 is 0 Å². The Morgan fingerprint density at radius 3 is 2.56 bits per heavy atom. The van der Waals surface area contributed by atoms with Crippen LogP contribution in [0.1, 0.15) is 37.3 Å². The fourth-order valence-electron chi connectivity index (χ4n) is 2.81. The highest BCUT2D eigenvalue weighted by atomic mass is 15.1. The first kappa shape index (κ1) is 13.4. The molecule has 2 heteroatoms. The van der Waals surface area contributed by atoms with E-state index in [1.165, 1.54) is 55.7 Å². The van der Waals surface area contributed by atoms with E-state index < -0.39 is 0 Å². The minimum Gasteiger partial charge on any atom is -0.382 e. The van der Waals surface area contributed by atoms with E-state index in [2.05, 4.69) is 49.2 Å². The molecule has 0 aliphatic carbocycles. The van der Waals surface area contributed by atoms with E-state index in [1.807, 2.05) is 0 Å². The van der Waals surface area contributed by atoms with Gasteiger partial charge in [-0.15, -0.1) is 0 Å². The number of aryl methyl sites for hydroxylation is 2. The molecule has 0 atom stereocenters. The van der Waals surface area contributed by atoms with Gasteiger partial charge >= 0.3 is 0 Å². The van der Waals surface area contributed by atoms with Crippen LogP contribution in [-0.4, -0.2) is 30.6 Å². The smallest absolute Gasteiger partial charge is 0.0372 e. The standard InChI is InChI=1S/C16H26N2/c1-4-9-18-10-7-15(8-11-18)17-16-6-5-13(2)12-14(16)3/h5-6,12,15,17H,4,7-11H2,1-3H3. The number of anilines is 1. The van der Waals surface area contributed by atoms with E-state index in [1.54, 1.807) is 0 Å². The number of benzene rings is 1. The molecule has 1 aromatic carbocycles. The van der Waals surface area contributed by atoms with Crippen molar-refractivity contribution in [1.29, 1.82) is 0 Å². The van der Waals surface area contributed by atoms with Crippen LogP contribution >= 0.6 is 0 Å². The molecular weight excluding hydrogens is 220 g/mol. The highest BCUT2D eigenvalue weighted by Gasteiger charge is 2.18. The Balaban J connectivity index is 1.87. The zero-order valence-corrected chi connectivity index (χ0v) is 12.0. The van der Waals surface area contributed by atoms with Crippen LogP contribution in [0.25, 0.3) is 0 Å². The third kappa shape index (κ3) is 3.49. The fourth-order valence-corrected chi connectivity index (χ4v) is 2.81. The molecule has 0 aromatic heterocycles. The predicted molar refractivity (Wildman–Crippen MR) is 79.3 cm³/mol. The SMILES string of the molecule is CCCN1CCC(Nc2ccc(C)cc2C)CC1. The Morgan fingerprint density at radius 2 is 1.94 bits per heavy atom. The van der Waals surface area contributed by atoms with E-state index in [9.17, 15) is 0 Å². The number of likely N-dealkylation sites (tertiary alicyclic amines) is 1. The Bertz CT molecular complexity index is 379. The molecule has 0 amide bonds. The number of rotatable bonds is 4. The monoisotopic (exact) mass is 246 g/mol. The van der Waals surface area contributed by atoms with Gasteiger partial charge in [-0.3, -0.25) is 0 Å². The molecule has 18 heavy (non-hydrogen) atoms. The van der Waals surface area contributed by atoms with Crippen molar-refractivity contribution >= 4 is 5.69 Å². The van der Waals surface area contributed by atoms with Gasteiger partial charge in [0.2, 0.25) is 0 Å². The van der Waals surface area contributed by atoms with Crippen molar-refractivity contribution in [3.8, 4) is 0 Å². The maximum Gasteiger partial charge on any atom is 0.0372 e. The maximum absolute atomic E-state index is 3.71. The second-order valence-corrected chi connectivity index (χ2v) is 5.58. The molecule has 1 saturated heterocycles. The Kier molecular flexibility index (Phi) is 4.65. The van der Waals surface area contributed by atoms with Gasteiger partial charge in [0, 0.05) is 24.8 Å². The zero-order valence-electron chi connectivity index (χ0n) is 12.0. The van der Waals surface area contributed by atoms with Crippen LogP contribution in [0.5, 0.6) is 0 Å². The number of piperidine rings is 1. The zero-order chi connectivity index (χ0) is 13.0. The molecule has 1 aromatic rings. The van der Waals surface area contributed by atoms with E-state index in [4.69, 9.17) is 0 Å². The molecule has 1 aliphatic rings. The molecule has 2 rings (SSSR count). The largest absolute Gasteiger partial charge is 0.382 e. The van der Waals surface area contributed by atoms with E-state index in [-0.39, 0.29) is 0 Å². The summed E-state index contributed by atoms with van der Waals surface area (Å²) in [6, 6.07) is 7.33. The average molecular weight is 246 g/mol. The Morgan fingerprint density at radius 1 is 1.22 bits per heavy atom. The van der Waals surface area contributed by atoms with Crippen molar-refractivity contribution in [2.45, 2.75) is 46.1 Å². The van der Waals surface area contributed by atoms with Crippen LogP contribution in [0.15, 0.2) is 18.2 Å². The minimum absolute atomic E-state index is 0.652. The second-order valence-electron chi connectivity index (χ2n) is 5.58. The quantitative estimate of drug-likeness (QED) is 0.873. The molecule has 0 spiro atoms. The van der Waals surface area contributed by atoms with Crippen LogP contribution in [-0.2, 0) is 0 Å². The Hall–Kier alpha value is -1.02. The number of hydrogen-bond donors (Lipinski definition) is 1. The van der Waals surface area contributed by atoms with Gasteiger partial charge in [-0.1, -0.05) is 24.6 Å². The third-order valence-corrected chi connectivity index (χ3v) is 3.87. The lowest BCUT2D eigenvalue weighted by Crippen LogP contribution is -2.39. The summed E-state index contributed by atoms with van der Waals surface area (Å²) in [7, 11) is 0. The number of nitrogens with zero attached hydrogens (tertiary/aromatic N) is 1. The van der Waals surface area contributed by atoms with Gasteiger partial charge in [0.25, 0.3) is 0 Å². The first-order valence-electron chi connectivity index (χ1n) is 7.25. The average Bonchev–Trinajstić information content (AvgIpc) is 2.35. The molecule has 1 fully saturated rings. The maximum atomic E-state index is 3.71. The van der Waals surface area contributed by atoms with Gasteiger partial charge in [0.15, 0.2) is 0 Å². The summed E-state index contributed by atoms with van der Waals surface area (Å²) in [5, 5.41) is 3.71. The molecule has 1 N–H and O–H groups in total. The van der Waals surface area contributed by atoms with Gasteiger partial charge in [-0.2, -0.15) is 0 Å². The van der Waals surface area contributed by atoms with Crippen LogP contribution in [0.4, 0.5) is 5.69 Å². The van der Waals surface area contributed by atoms with Crippen molar-refractivity contribution in [2.24, 2.45) is 0 Å². The highest BCUT2D eigenvalue weighted by molar-refractivity contribution is 5.52. The fraction of sp³-hybridized carbons (Fsp3) is 0.625. The summed E-state index contributed by atoms with van der Waals surface area (Å²) in [6.07, 6.45) is 3.82. The van der Waals surface area contributed by atoms with Gasteiger partial charge < -0.3 is 10.2 Å². The number of hydrogen-bond acceptors (Lipinski definition) is 2. The summed E-state index contributed by atoms with van der Waals surface area (Å²) >= 11 is 0. The van der Waals surface area contributed by atoms with Gasteiger partial charge in [-0.25, -0.2) is 0 Å². The minimum atomic E-state index is 0.652. The molecule has 100 valence electrons. The van der Waals surface area contributed by atoms with Gasteiger partial charge in [0.05, 0.1) is 0 Å². The van der Waals surface area contributed by atoms with Gasteiger partial charge in [-0.05, 0) is 51.3 Å². The van der Waals surface area contributed by atoms with E-state index in [0.717, 1.165) is 0 Å². The predicted octanol–water partition coefficient (Wildman–Crippen LogP) is 3.59. The summed E-state index contributed by atoms with van der Waals surface area (Å²) in [5.41, 5.74) is 4.02. The summed E-state index contributed by atoms with van der Waals surface area (Å²) in [6.45, 7) is 10.4. The van der Waals surface area contributed by atoms with Crippen molar-refractivity contribution in [3.63, 3.8) is 0 Å². The van der Waals surface area contributed by atoms with Crippen LogP contribution in [0.3, 0.4) is 0 Å². The second kappa shape index (κ2) is 6.24. The lowest BCUT2D eigenvalue weighted by molar-refractivity contribution is 0.219. The van der Waals surface area contributed by atoms with Crippen LogP contribution in [0.2, 0.25) is 0 Å². The molecule has 0 unspecified atom stereocenters. The van der Waals surface area contributed by atoms with Crippen molar-refractivity contribution in [2.75, 3.05) is 25.0 Å². The van der Waals surface area contributed by atoms with E-state index in [0.29, 0.717) is 6.04 Å². The molecule has 0 radical (unpaired) electrons. The summed E-state index contributed by atoms with van der Waals surface area (Å²) in [4.78, 5) is 2.58. The van der Waals surface area contributed by atoms with Crippen molar-refractivity contribution in [1.82, 2.24) is 4.90 Å². The molecule has 1 heterocycles. The molecule has 2 nitrogen and oxygen atoms in total. The summed E-state index contributed by atoms with van der Waals surface area (Å²) in [5.74, 6) is 0. The normalized spacial score (nSPS) is 17.9. The van der Waals surface area contributed by atoms with E-state index >= 15 is 0 Å².